The fourth-order valence-corrected chi connectivity index (χ4v) is 1.06. The van der Waals surface area contributed by atoms with Gasteiger partial charge in [0.25, 0.3) is 0 Å². The van der Waals surface area contributed by atoms with E-state index in [1.54, 1.807) is 0 Å². The van der Waals surface area contributed by atoms with Gasteiger partial charge in [-0.2, -0.15) is 0 Å². The zero-order valence-corrected chi connectivity index (χ0v) is 7.62. The van der Waals surface area contributed by atoms with Gasteiger partial charge in [0.15, 0.2) is 0 Å². The number of rotatable bonds is 3. The maximum Gasteiger partial charge on any atom is -0.00718 e. The summed E-state index contributed by atoms with van der Waals surface area (Å²) in [4.78, 5) is 0. The highest BCUT2D eigenvalue weighted by Crippen LogP contribution is 2.30. The average molecular weight is 138 g/mol. The van der Waals surface area contributed by atoms with E-state index >= 15 is 0 Å². The highest BCUT2D eigenvalue weighted by molar-refractivity contribution is 5.08. The average Bonchev–Trinajstić information content (AvgIpc) is 1.90. The summed E-state index contributed by atoms with van der Waals surface area (Å²) in [5.74, 6) is 0. The topological polar surface area (TPSA) is 0 Å². The number of allylic oxidation sites excluding steroid dienone is 1. The molecule has 0 aliphatic rings. The molecule has 0 amide bonds. The van der Waals surface area contributed by atoms with Gasteiger partial charge >= 0.3 is 0 Å². The Kier molecular flexibility index (Phi) is 3.46. The van der Waals surface area contributed by atoms with Crippen molar-refractivity contribution >= 4 is 0 Å². The van der Waals surface area contributed by atoms with Crippen LogP contribution in [0.15, 0.2) is 17.9 Å². The van der Waals surface area contributed by atoms with Crippen molar-refractivity contribution in [2.24, 2.45) is 5.41 Å². The molecule has 0 unspecified atom stereocenters. The molecule has 0 spiro atoms. The van der Waals surface area contributed by atoms with Crippen molar-refractivity contribution < 1.29 is 0 Å². The Hall–Kier alpha value is -0.480. The van der Waals surface area contributed by atoms with Gasteiger partial charge in [0.05, 0.1) is 0 Å². The first kappa shape index (κ1) is 9.52. The summed E-state index contributed by atoms with van der Waals surface area (Å²) in [6, 6.07) is 0. The van der Waals surface area contributed by atoms with E-state index in [0.717, 1.165) is 6.42 Å². The van der Waals surface area contributed by atoms with Crippen molar-refractivity contribution in [3.63, 3.8) is 0 Å². The van der Waals surface area contributed by atoms with E-state index in [2.05, 4.69) is 40.0 Å². The van der Waals surface area contributed by atoms with Crippen LogP contribution in [0.4, 0.5) is 0 Å². The maximum absolute atomic E-state index is 3.68. The van der Waals surface area contributed by atoms with Crippen LogP contribution in [0.3, 0.4) is 0 Å². The van der Waals surface area contributed by atoms with Gasteiger partial charge in [0, 0.05) is 0 Å². The minimum Gasteiger partial charge on any atom is -0.129 e. The quantitative estimate of drug-likeness (QED) is 0.523. The van der Waals surface area contributed by atoms with Crippen molar-refractivity contribution in [3.8, 4) is 0 Å². The molecule has 0 aliphatic heterocycles. The van der Waals surface area contributed by atoms with Crippen LogP contribution in [0, 0.1) is 5.41 Å². The largest absolute Gasteiger partial charge is 0.129 e. The first-order valence-electron chi connectivity index (χ1n) is 3.97. The molecule has 0 bridgehead atoms. The Morgan fingerprint density at radius 3 is 2.00 bits per heavy atom. The molecule has 0 rings (SSSR count). The lowest BCUT2D eigenvalue weighted by atomic mass is 9.81. The van der Waals surface area contributed by atoms with E-state index in [9.17, 15) is 0 Å². The molecule has 0 heteroatoms. The Balaban J connectivity index is 4.43. The highest BCUT2D eigenvalue weighted by atomic mass is 14.2. The van der Waals surface area contributed by atoms with Crippen LogP contribution in [0.2, 0.25) is 0 Å². The van der Waals surface area contributed by atoms with Crippen LogP contribution in [0.25, 0.3) is 0 Å². The molecular weight excluding hydrogens is 120 g/mol. The van der Waals surface area contributed by atoms with E-state index < -0.39 is 0 Å². The second-order valence-electron chi connectivity index (χ2n) is 3.25. The summed E-state index contributed by atoms with van der Waals surface area (Å²) in [6.45, 7) is 12.5. The van der Waals surface area contributed by atoms with E-state index in [1.165, 1.54) is 12.0 Å². The third-order valence-corrected chi connectivity index (χ3v) is 2.27. The van der Waals surface area contributed by atoms with Gasteiger partial charge < -0.3 is 0 Å². The van der Waals surface area contributed by atoms with Crippen LogP contribution >= 0.6 is 0 Å². The van der Waals surface area contributed by atoms with E-state index in [-0.39, 0.29) is 0 Å². The Morgan fingerprint density at radius 1 is 1.40 bits per heavy atom. The molecule has 0 aromatic heterocycles. The van der Waals surface area contributed by atoms with Gasteiger partial charge in [-0.15, -0.1) is 5.73 Å². The number of hydrogen-bond acceptors (Lipinski definition) is 0. The molecule has 10 heavy (non-hydrogen) atoms. The lowest BCUT2D eigenvalue weighted by Crippen LogP contribution is -2.11. The molecule has 0 aromatic rings. The predicted octanol–water partition coefficient (Wildman–Crippen LogP) is 3.54. The summed E-state index contributed by atoms with van der Waals surface area (Å²) in [5, 5.41) is 0. The zero-order valence-electron chi connectivity index (χ0n) is 7.62. The van der Waals surface area contributed by atoms with Gasteiger partial charge in [-0.05, 0) is 23.8 Å². The van der Waals surface area contributed by atoms with E-state index in [4.69, 9.17) is 0 Å². The Morgan fingerprint density at radius 2 is 1.90 bits per heavy atom. The van der Waals surface area contributed by atoms with Crippen molar-refractivity contribution in [2.75, 3.05) is 0 Å². The van der Waals surface area contributed by atoms with Crippen LogP contribution in [-0.2, 0) is 0 Å². The van der Waals surface area contributed by atoms with Crippen molar-refractivity contribution in [1.82, 2.24) is 0 Å². The van der Waals surface area contributed by atoms with Gasteiger partial charge in [-0.1, -0.05) is 34.3 Å². The summed E-state index contributed by atoms with van der Waals surface area (Å²) in [5.41, 5.74) is 4.65. The highest BCUT2D eigenvalue weighted by Gasteiger charge is 2.18. The summed E-state index contributed by atoms with van der Waals surface area (Å²) >= 11 is 0. The summed E-state index contributed by atoms with van der Waals surface area (Å²) in [6.07, 6.45) is 2.24. The SMILES string of the molecule is C=C=C(CC)C(C)(C)CC. The molecule has 0 fully saturated rings. The molecule has 0 nitrogen and oxygen atoms in total. The fraction of sp³-hybridized carbons (Fsp3) is 0.700. The summed E-state index contributed by atoms with van der Waals surface area (Å²) < 4.78 is 0. The molecule has 0 radical (unpaired) electrons. The van der Waals surface area contributed by atoms with E-state index in [0.29, 0.717) is 5.41 Å². The molecule has 0 saturated heterocycles. The minimum atomic E-state index is 0.302. The smallest absolute Gasteiger partial charge is 0.00718 e. The molecule has 0 saturated carbocycles. The Bertz CT molecular complexity index is 145. The normalized spacial score (nSPS) is 10.8. The lowest BCUT2D eigenvalue weighted by Gasteiger charge is -2.23. The summed E-state index contributed by atoms with van der Waals surface area (Å²) in [7, 11) is 0. The van der Waals surface area contributed by atoms with Crippen LogP contribution < -0.4 is 0 Å². The zero-order chi connectivity index (χ0) is 8.20. The molecular formula is C10H18. The van der Waals surface area contributed by atoms with Crippen molar-refractivity contribution in [2.45, 2.75) is 40.5 Å². The van der Waals surface area contributed by atoms with E-state index in [1.807, 2.05) is 0 Å². The van der Waals surface area contributed by atoms with Gasteiger partial charge in [-0.3, -0.25) is 0 Å². The van der Waals surface area contributed by atoms with Crippen LogP contribution in [0.5, 0.6) is 0 Å². The van der Waals surface area contributed by atoms with Crippen LogP contribution in [-0.4, -0.2) is 0 Å². The third-order valence-electron chi connectivity index (χ3n) is 2.27. The molecule has 0 heterocycles. The third kappa shape index (κ3) is 2.04. The van der Waals surface area contributed by atoms with Gasteiger partial charge in [0.2, 0.25) is 0 Å². The molecule has 0 atom stereocenters. The Labute approximate surface area is 64.6 Å². The second-order valence-corrected chi connectivity index (χ2v) is 3.25. The maximum atomic E-state index is 3.68. The standard InChI is InChI=1S/C10H18/c1-6-9(7-2)10(4,5)8-3/h1,7-8H2,2-5H3. The fourth-order valence-electron chi connectivity index (χ4n) is 1.06. The van der Waals surface area contributed by atoms with Crippen molar-refractivity contribution in [1.29, 1.82) is 0 Å². The second kappa shape index (κ2) is 3.63. The monoisotopic (exact) mass is 138 g/mol. The van der Waals surface area contributed by atoms with Crippen molar-refractivity contribution in [3.05, 3.63) is 17.9 Å². The molecule has 58 valence electrons. The van der Waals surface area contributed by atoms with Gasteiger partial charge in [-0.25, -0.2) is 0 Å². The number of hydrogen-bond donors (Lipinski definition) is 0. The molecule has 0 aromatic carbocycles. The molecule has 0 N–H and O–H groups in total. The lowest BCUT2D eigenvalue weighted by molar-refractivity contribution is 0.419. The predicted molar refractivity (Wildman–Crippen MR) is 47.0 cm³/mol. The first-order valence-corrected chi connectivity index (χ1v) is 3.97. The molecule has 0 aliphatic carbocycles. The minimum absolute atomic E-state index is 0.302. The van der Waals surface area contributed by atoms with Crippen LogP contribution in [0.1, 0.15) is 40.5 Å². The first-order chi connectivity index (χ1) is 4.58. The van der Waals surface area contributed by atoms with Gasteiger partial charge in [0.1, 0.15) is 0 Å².